The number of nitrogens with one attached hydrogen (secondary N) is 1. The smallest absolute Gasteiger partial charge is 0.288 e. The van der Waals surface area contributed by atoms with Crippen molar-refractivity contribution >= 4 is 52.1 Å². The molecule has 0 fully saturated rings. The first-order chi connectivity index (χ1) is 10.5. The lowest BCUT2D eigenvalue weighted by atomic mass is 10.0. The molecular formula is C15H8Cl2N2O3. The molecule has 5 nitrogen and oxygen atoms in total. The van der Waals surface area contributed by atoms with E-state index in [1.165, 1.54) is 12.1 Å². The van der Waals surface area contributed by atoms with Gasteiger partial charge in [-0.3, -0.25) is 14.9 Å². The summed E-state index contributed by atoms with van der Waals surface area (Å²) in [6.07, 6.45) is 1.58. The van der Waals surface area contributed by atoms with E-state index in [0.717, 1.165) is 0 Å². The lowest BCUT2D eigenvalue weighted by molar-refractivity contribution is -0.384. The summed E-state index contributed by atoms with van der Waals surface area (Å²) in [5, 5.41) is 14.2. The lowest BCUT2D eigenvalue weighted by Gasteiger charge is -2.00. The molecule has 1 N–H and O–H groups in total. The van der Waals surface area contributed by atoms with E-state index in [2.05, 4.69) is 5.32 Å². The van der Waals surface area contributed by atoms with Crippen molar-refractivity contribution in [3.8, 4) is 0 Å². The highest BCUT2D eigenvalue weighted by Crippen LogP contribution is 2.35. The van der Waals surface area contributed by atoms with Gasteiger partial charge in [0.05, 0.1) is 10.6 Å². The van der Waals surface area contributed by atoms with Crippen molar-refractivity contribution in [1.82, 2.24) is 0 Å². The number of nitro benzene ring substituents is 1. The standard InChI is InChI=1S/C15H8Cl2N2O3/c16-9-2-3-10-11(15(20)18-13(10)7-9)5-8-1-4-12(17)14(6-8)19(21)22/h1-7H,(H,18,20)/b11-5+. The molecule has 0 saturated carbocycles. The van der Waals surface area contributed by atoms with Crippen LogP contribution >= 0.6 is 23.2 Å². The normalized spacial score (nSPS) is 14.8. The van der Waals surface area contributed by atoms with Crippen LogP contribution in [0.25, 0.3) is 11.6 Å². The highest BCUT2D eigenvalue weighted by molar-refractivity contribution is 6.36. The molecular weight excluding hydrogens is 327 g/mol. The summed E-state index contributed by atoms with van der Waals surface area (Å²) in [6.45, 7) is 0. The predicted octanol–water partition coefficient (Wildman–Crippen LogP) is 4.39. The van der Waals surface area contributed by atoms with Crippen LogP contribution in [-0.4, -0.2) is 10.8 Å². The summed E-state index contributed by atoms with van der Waals surface area (Å²) in [5.74, 6) is -0.283. The van der Waals surface area contributed by atoms with Gasteiger partial charge in [0, 0.05) is 22.2 Å². The van der Waals surface area contributed by atoms with E-state index < -0.39 is 4.92 Å². The van der Waals surface area contributed by atoms with Gasteiger partial charge in [0.15, 0.2) is 0 Å². The molecule has 0 bridgehead atoms. The minimum atomic E-state index is -0.563. The number of halogens is 2. The minimum absolute atomic E-state index is 0.0511. The van der Waals surface area contributed by atoms with Crippen LogP contribution in [0.5, 0.6) is 0 Å². The fourth-order valence-electron chi connectivity index (χ4n) is 2.24. The van der Waals surface area contributed by atoms with Gasteiger partial charge in [-0.25, -0.2) is 0 Å². The van der Waals surface area contributed by atoms with E-state index in [1.807, 2.05) is 0 Å². The molecule has 0 spiro atoms. The van der Waals surface area contributed by atoms with Crippen LogP contribution in [0.2, 0.25) is 10.0 Å². The summed E-state index contributed by atoms with van der Waals surface area (Å²) >= 11 is 11.7. The molecule has 1 heterocycles. The van der Waals surface area contributed by atoms with Gasteiger partial charge in [-0.1, -0.05) is 35.3 Å². The van der Waals surface area contributed by atoms with Crippen LogP contribution in [0, 0.1) is 10.1 Å². The zero-order valence-corrected chi connectivity index (χ0v) is 12.5. The van der Waals surface area contributed by atoms with Gasteiger partial charge >= 0.3 is 0 Å². The molecule has 2 aromatic carbocycles. The number of carbonyl (C=O) groups is 1. The van der Waals surface area contributed by atoms with E-state index >= 15 is 0 Å². The number of rotatable bonds is 2. The first-order valence-corrected chi connectivity index (χ1v) is 6.98. The Hall–Kier alpha value is -2.37. The number of hydrogen-bond donors (Lipinski definition) is 1. The third-order valence-electron chi connectivity index (χ3n) is 3.24. The van der Waals surface area contributed by atoms with E-state index in [1.54, 1.807) is 30.3 Å². The molecule has 1 aliphatic rings. The molecule has 110 valence electrons. The van der Waals surface area contributed by atoms with Gasteiger partial charge < -0.3 is 5.32 Å². The summed E-state index contributed by atoms with van der Waals surface area (Å²) in [6, 6.07) is 9.44. The van der Waals surface area contributed by atoms with E-state index in [4.69, 9.17) is 23.2 Å². The molecule has 3 rings (SSSR count). The Morgan fingerprint density at radius 1 is 1.14 bits per heavy atom. The van der Waals surface area contributed by atoms with Gasteiger partial charge in [-0.2, -0.15) is 0 Å². The molecule has 0 unspecified atom stereocenters. The maximum Gasteiger partial charge on any atom is 0.288 e. The van der Waals surface area contributed by atoms with E-state index in [9.17, 15) is 14.9 Å². The van der Waals surface area contributed by atoms with Gasteiger partial charge in [0.2, 0.25) is 0 Å². The van der Waals surface area contributed by atoms with Crippen molar-refractivity contribution in [2.75, 3.05) is 5.32 Å². The molecule has 22 heavy (non-hydrogen) atoms. The Kier molecular flexibility index (Phi) is 3.60. The van der Waals surface area contributed by atoms with Crippen molar-refractivity contribution in [2.45, 2.75) is 0 Å². The first-order valence-electron chi connectivity index (χ1n) is 6.22. The quantitative estimate of drug-likeness (QED) is 0.502. The number of nitrogens with zero attached hydrogens (tertiary/aromatic N) is 1. The Balaban J connectivity index is 2.09. The maximum absolute atomic E-state index is 12.1. The van der Waals surface area contributed by atoms with Crippen LogP contribution in [0.4, 0.5) is 11.4 Å². The summed E-state index contributed by atoms with van der Waals surface area (Å²) in [5.41, 5.74) is 2.05. The Labute approximate surface area is 135 Å². The zero-order valence-electron chi connectivity index (χ0n) is 11.0. The topological polar surface area (TPSA) is 72.2 Å². The second kappa shape index (κ2) is 5.44. The van der Waals surface area contributed by atoms with Gasteiger partial charge in [-0.15, -0.1) is 0 Å². The van der Waals surface area contributed by atoms with Crippen LogP contribution < -0.4 is 5.32 Å². The fourth-order valence-corrected chi connectivity index (χ4v) is 2.59. The monoisotopic (exact) mass is 334 g/mol. The molecule has 0 saturated heterocycles. The van der Waals surface area contributed by atoms with Crippen LogP contribution in [0.1, 0.15) is 11.1 Å². The van der Waals surface area contributed by atoms with Crippen LogP contribution in [0.15, 0.2) is 36.4 Å². The molecule has 1 amide bonds. The molecule has 1 aliphatic heterocycles. The number of carbonyl (C=O) groups excluding carboxylic acids is 1. The Morgan fingerprint density at radius 2 is 1.91 bits per heavy atom. The molecule has 2 aromatic rings. The van der Waals surface area contributed by atoms with Crippen molar-refractivity contribution < 1.29 is 9.72 Å². The average Bonchev–Trinajstić information content (AvgIpc) is 2.76. The van der Waals surface area contributed by atoms with Gasteiger partial charge in [0.1, 0.15) is 5.02 Å². The van der Waals surface area contributed by atoms with Crippen molar-refractivity contribution in [3.63, 3.8) is 0 Å². The van der Waals surface area contributed by atoms with Crippen LogP contribution in [-0.2, 0) is 4.79 Å². The molecule has 0 aliphatic carbocycles. The zero-order chi connectivity index (χ0) is 15.9. The molecule has 0 aromatic heterocycles. The Bertz CT molecular complexity index is 847. The number of nitro groups is 1. The van der Waals surface area contributed by atoms with Crippen molar-refractivity contribution in [3.05, 3.63) is 67.7 Å². The average molecular weight is 335 g/mol. The lowest BCUT2D eigenvalue weighted by Crippen LogP contribution is -2.03. The third kappa shape index (κ3) is 2.56. The summed E-state index contributed by atoms with van der Waals surface area (Å²) in [4.78, 5) is 22.4. The van der Waals surface area contributed by atoms with Crippen molar-refractivity contribution in [1.29, 1.82) is 0 Å². The van der Waals surface area contributed by atoms with Crippen LogP contribution in [0.3, 0.4) is 0 Å². The van der Waals surface area contributed by atoms with E-state index in [-0.39, 0.29) is 16.6 Å². The molecule has 0 atom stereocenters. The van der Waals surface area contributed by atoms with Crippen molar-refractivity contribution in [2.24, 2.45) is 0 Å². The SMILES string of the molecule is O=C1Nc2cc(Cl)ccc2/C1=C\c1ccc(Cl)c([N+](=O)[O-])c1. The number of amides is 1. The summed E-state index contributed by atoms with van der Waals surface area (Å²) in [7, 11) is 0. The van der Waals surface area contributed by atoms with Gasteiger partial charge in [-0.05, 0) is 29.8 Å². The molecule has 0 radical (unpaired) electrons. The second-order valence-corrected chi connectivity index (χ2v) is 5.51. The van der Waals surface area contributed by atoms with E-state index in [0.29, 0.717) is 27.4 Å². The highest BCUT2D eigenvalue weighted by atomic mass is 35.5. The number of benzene rings is 2. The van der Waals surface area contributed by atoms with Gasteiger partial charge in [0.25, 0.3) is 11.6 Å². The number of anilines is 1. The fraction of sp³-hybridized carbons (Fsp3) is 0. The summed E-state index contributed by atoms with van der Waals surface area (Å²) < 4.78 is 0. The third-order valence-corrected chi connectivity index (χ3v) is 3.80. The Morgan fingerprint density at radius 3 is 2.64 bits per heavy atom. The molecule has 7 heteroatoms. The first kappa shape index (κ1) is 14.6. The minimum Gasteiger partial charge on any atom is -0.321 e. The highest BCUT2D eigenvalue weighted by Gasteiger charge is 2.24. The predicted molar refractivity (Wildman–Crippen MR) is 86.1 cm³/mol. The largest absolute Gasteiger partial charge is 0.321 e. The second-order valence-electron chi connectivity index (χ2n) is 4.67. The maximum atomic E-state index is 12.1. The number of fused-ring (bicyclic) bond motifs is 1. The number of hydrogen-bond acceptors (Lipinski definition) is 3.